The average Bonchev–Trinajstić information content (AvgIpc) is 2.42. The van der Waals surface area contributed by atoms with Crippen molar-refractivity contribution in [3.8, 4) is 16.9 Å². The van der Waals surface area contributed by atoms with E-state index >= 15 is 0 Å². The second kappa shape index (κ2) is 4.48. The second-order valence-corrected chi connectivity index (χ2v) is 4.49. The van der Waals surface area contributed by atoms with E-state index in [-0.39, 0.29) is 10.8 Å². The lowest BCUT2D eigenvalue weighted by Gasteiger charge is -2.06. The van der Waals surface area contributed by atoms with E-state index in [4.69, 9.17) is 11.6 Å². The highest BCUT2D eigenvalue weighted by molar-refractivity contribution is 6.32. The van der Waals surface area contributed by atoms with E-state index in [0.29, 0.717) is 11.1 Å². The van der Waals surface area contributed by atoms with Gasteiger partial charge in [0.15, 0.2) is 0 Å². The summed E-state index contributed by atoms with van der Waals surface area (Å²) in [6, 6.07) is 7.72. The number of hydrogen-bond donors (Lipinski definition) is 1. The third-order valence-electron chi connectivity index (χ3n) is 2.86. The Kier molecular flexibility index (Phi) is 2.80. The zero-order valence-corrected chi connectivity index (χ0v) is 10.4. The van der Waals surface area contributed by atoms with E-state index in [1.54, 1.807) is 18.3 Å². The Balaban J connectivity index is 2.21. The molecular weight excluding hydrogens is 267 g/mol. The number of phenolic OH excluding ortho intramolecular Hbond substituents is 1. The van der Waals surface area contributed by atoms with Gasteiger partial charge in [0.05, 0.1) is 10.5 Å². The molecule has 3 aromatic rings. The number of halogens is 2. The number of benzene rings is 2. The van der Waals surface area contributed by atoms with Gasteiger partial charge in [-0.25, -0.2) is 14.4 Å². The lowest BCUT2D eigenvalue weighted by Crippen LogP contribution is -1.87. The molecule has 0 bridgehead atoms. The van der Waals surface area contributed by atoms with Crippen molar-refractivity contribution in [2.75, 3.05) is 0 Å². The summed E-state index contributed by atoms with van der Waals surface area (Å²) in [6.45, 7) is 0. The van der Waals surface area contributed by atoms with Gasteiger partial charge in [-0.15, -0.1) is 0 Å². The maximum absolute atomic E-state index is 13.9. The number of phenols is 1. The summed E-state index contributed by atoms with van der Waals surface area (Å²) in [5, 5.41) is 10.3. The summed E-state index contributed by atoms with van der Waals surface area (Å²) in [7, 11) is 0. The molecule has 94 valence electrons. The van der Waals surface area contributed by atoms with E-state index in [1.165, 1.54) is 12.4 Å². The van der Waals surface area contributed by atoms with Crippen LogP contribution in [0.3, 0.4) is 0 Å². The van der Waals surface area contributed by atoms with Crippen LogP contribution in [-0.2, 0) is 0 Å². The van der Waals surface area contributed by atoms with Crippen molar-refractivity contribution in [3.05, 3.63) is 53.7 Å². The fourth-order valence-corrected chi connectivity index (χ4v) is 2.06. The van der Waals surface area contributed by atoms with Gasteiger partial charge in [0.25, 0.3) is 0 Å². The number of nitrogens with zero attached hydrogens (tertiary/aromatic N) is 2. The van der Waals surface area contributed by atoms with Crippen LogP contribution in [0.1, 0.15) is 0 Å². The summed E-state index contributed by atoms with van der Waals surface area (Å²) < 4.78 is 13.9. The quantitative estimate of drug-likeness (QED) is 0.734. The molecule has 5 heteroatoms. The summed E-state index contributed by atoms with van der Waals surface area (Å²) >= 11 is 5.81. The predicted molar refractivity (Wildman–Crippen MR) is 71.6 cm³/mol. The van der Waals surface area contributed by atoms with Crippen LogP contribution in [-0.4, -0.2) is 15.1 Å². The molecule has 0 aliphatic carbocycles. The van der Waals surface area contributed by atoms with E-state index < -0.39 is 5.82 Å². The lowest BCUT2D eigenvalue weighted by atomic mass is 10.0. The third kappa shape index (κ3) is 2.11. The molecule has 0 radical (unpaired) electrons. The SMILES string of the molecule is Oc1cc(F)c(-c2ccc3cncnc3c2)cc1Cl. The monoisotopic (exact) mass is 274 g/mol. The first-order valence-corrected chi connectivity index (χ1v) is 5.91. The van der Waals surface area contributed by atoms with Crippen LogP contribution in [0.15, 0.2) is 42.9 Å². The van der Waals surface area contributed by atoms with E-state index in [2.05, 4.69) is 9.97 Å². The predicted octanol–water partition coefficient (Wildman–Crippen LogP) is 3.79. The van der Waals surface area contributed by atoms with Gasteiger partial charge in [0.2, 0.25) is 0 Å². The highest BCUT2D eigenvalue weighted by Crippen LogP contribution is 2.33. The second-order valence-electron chi connectivity index (χ2n) is 4.08. The molecule has 0 saturated carbocycles. The van der Waals surface area contributed by atoms with Crippen LogP contribution >= 0.6 is 11.6 Å². The molecule has 0 unspecified atom stereocenters. The van der Waals surface area contributed by atoms with Gasteiger partial charge in [-0.3, -0.25) is 0 Å². The number of aromatic hydroxyl groups is 1. The minimum atomic E-state index is -0.532. The van der Waals surface area contributed by atoms with Crippen molar-refractivity contribution >= 4 is 22.5 Å². The molecule has 3 nitrogen and oxygen atoms in total. The Bertz CT molecular complexity index is 776. The van der Waals surface area contributed by atoms with Crippen LogP contribution < -0.4 is 0 Å². The molecule has 0 atom stereocenters. The van der Waals surface area contributed by atoms with Gasteiger partial charge < -0.3 is 5.11 Å². The smallest absolute Gasteiger partial charge is 0.137 e. The first-order valence-electron chi connectivity index (χ1n) is 5.53. The highest BCUT2D eigenvalue weighted by atomic mass is 35.5. The molecule has 1 aromatic heterocycles. The normalized spacial score (nSPS) is 10.8. The van der Waals surface area contributed by atoms with E-state index in [9.17, 15) is 9.50 Å². The largest absolute Gasteiger partial charge is 0.506 e. The summed E-state index contributed by atoms with van der Waals surface area (Å²) in [5.74, 6) is -0.804. The summed E-state index contributed by atoms with van der Waals surface area (Å²) in [4.78, 5) is 8.04. The van der Waals surface area contributed by atoms with Crippen LogP contribution in [0.2, 0.25) is 5.02 Å². The summed E-state index contributed by atoms with van der Waals surface area (Å²) in [6.07, 6.45) is 3.12. The van der Waals surface area contributed by atoms with Gasteiger partial charge in [0.1, 0.15) is 17.9 Å². The molecule has 0 spiro atoms. The van der Waals surface area contributed by atoms with Crippen molar-refractivity contribution in [1.29, 1.82) is 0 Å². The Morgan fingerprint density at radius 1 is 1.16 bits per heavy atom. The average molecular weight is 275 g/mol. The van der Waals surface area contributed by atoms with Crippen LogP contribution in [0.25, 0.3) is 22.0 Å². The molecule has 0 aliphatic heterocycles. The number of hydrogen-bond acceptors (Lipinski definition) is 3. The number of aromatic nitrogens is 2. The molecule has 2 aromatic carbocycles. The maximum Gasteiger partial charge on any atom is 0.137 e. The Morgan fingerprint density at radius 2 is 2.00 bits per heavy atom. The number of fused-ring (bicyclic) bond motifs is 1. The Morgan fingerprint density at radius 3 is 2.84 bits per heavy atom. The van der Waals surface area contributed by atoms with E-state index in [1.807, 2.05) is 6.07 Å². The maximum atomic E-state index is 13.9. The zero-order valence-electron chi connectivity index (χ0n) is 9.64. The van der Waals surface area contributed by atoms with Gasteiger partial charge in [-0.05, 0) is 17.7 Å². The van der Waals surface area contributed by atoms with Crippen LogP contribution in [0.5, 0.6) is 5.75 Å². The summed E-state index contributed by atoms with van der Waals surface area (Å²) in [5.41, 5.74) is 1.69. The molecule has 3 rings (SSSR count). The zero-order chi connectivity index (χ0) is 13.4. The number of rotatable bonds is 1. The van der Waals surface area contributed by atoms with Gasteiger partial charge >= 0.3 is 0 Å². The first-order chi connectivity index (χ1) is 9.15. The van der Waals surface area contributed by atoms with Crippen LogP contribution in [0.4, 0.5) is 4.39 Å². The minimum Gasteiger partial charge on any atom is -0.506 e. The standard InChI is InChI=1S/C14H8ClFN2O/c15-11-4-10(12(16)5-14(11)19)8-1-2-9-6-17-7-18-13(9)3-8/h1-7,19H. The van der Waals surface area contributed by atoms with Gasteiger partial charge in [-0.1, -0.05) is 23.7 Å². The van der Waals surface area contributed by atoms with Gasteiger partial charge in [0, 0.05) is 23.2 Å². The molecule has 1 N–H and O–H groups in total. The minimum absolute atomic E-state index is 0.110. The lowest BCUT2D eigenvalue weighted by molar-refractivity contribution is 0.470. The molecule has 0 amide bonds. The van der Waals surface area contributed by atoms with E-state index in [0.717, 1.165) is 17.0 Å². The van der Waals surface area contributed by atoms with Crippen molar-refractivity contribution in [2.45, 2.75) is 0 Å². The molecule has 0 fully saturated rings. The molecule has 19 heavy (non-hydrogen) atoms. The third-order valence-corrected chi connectivity index (χ3v) is 3.16. The molecular formula is C14H8ClFN2O. The van der Waals surface area contributed by atoms with Crippen molar-refractivity contribution in [3.63, 3.8) is 0 Å². The fourth-order valence-electron chi connectivity index (χ4n) is 1.90. The van der Waals surface area contributed by atoms with Gasteiger partial charge in [-0.2, -0.15) is 0 Å². The Hall–Kier alpha value is -2.20. The Labute approximate surface area is 113 Å². The highest BCUT2D eigenvalue weighted by Gasteiger charge is 2.10. The van der Waals surface area contributed by atoms with Crippen molar-refractivity contribution in [2.24, 2.45) is 0 Å². The fraction of sp³-hybridized carbons (Fsp3) is 0. The van der Waals surface area contributed by atoms with Crippen molar-refractivity contribution < 1.29 is 9.50 Å². The topological polar surface area (TPSA) is 46.0 Å². The first kappa shape index (κ1) is 11.9. The molecule has 0 aliphatic rings. The van der Waals surface area contributed by atoms with Crippen LogP contribution in [0, 0.1) is 5.82 Å². The van der Waals surface area contributed by atoms with Crippen molar-refractivity contribution in [1.82, 2.24) is 9.97 Å². The molecule has 0 saturated heterocycles. The molecule has 1 heterocycles.